The Morgan fingerprint density at radius 1 is 1.03 bits per heavy atom. The monoisotopic (exact) mass is 430 g/mol. The van der Waals surface area contributed by atoms with Crippen molar-refractivity contribution in [3.63, 3.8) is 0 Å². The third kappa shape index (κ3) is 7.51. The molecule has 0 spiro atoms. The van der Waals surface area contributed by atoms with E-state index in [0.29, 0.717) is 17.9 Å². The van der Waals surface area contributed by atoms with Crippen LogP contribution in [0.4, 0.5) is 0 Å². The summed E-state index contributed by atoms with van der Waals surface area (Å²) in [6.07, 6.45) is 1.11. The lowest BCUT2D eigenvalue weighted by Crippen LogP contribution is -2.32. The van der Waals surface area contributed by atoms with Crippen molar-refractivity contribution in [3.05, 3.63) is 54.1 Å². The summed E-state index contributed by atoms with van der Waals surface area (Å²) in [4.78, 5) is 22.7. The minimum atomic E-state index is -1.03. The number of benzene rings is 2. The number of nitrogens with zero attached hydrogens (tertiary/aromatic N) is 1. The van der Waals surface area contributed by atoms with E-state index in [4.69, 9.17) is 27.5 Å². The van der Waals surface area contributed by atoms with Crippen LogP contribution in [0.15, 0.2) is 58.5 Å². The summed E-state index contributed by atoms with van der Waals surface area (Å²) >= 11 is 1.40. The van der Waals surface area contributed by atoms with Crippen molar-refractivity contribution in [2.45, 2.75) is 42.7 Å². The Bertz CT molecular complexity index is 919. The second kappa shape index (κ2) is 11.3. The zero-order valence-electron chi connectivity index (χ0n) is 16.4. The van der Waals surface area contributed by atoms with E-state index in [2.05, 4.69) is 5.10 Å². The maximum absolute atomic E-state index is 11.0. The van der Waals surface area contributed by atoms with E-state index in [1.807, 2.05) is 48.5 Å². The number of hydrogen-bond donors (Lipinski definition) is 5. The van der Waals surface area contributed by atoms with Crippen molar-refractivity contribution in [2.75, 3.05) is 0 Å². The molecule has 0 bridgehead atoms. The molecule has 8 N–H and O–H groups in total. The summed E-state index contributed by atoms with van der Waals surface area (Å²) in [5.74, 6) is 3.54. The second-order valence-electron chi connectivity index (χ2n) is 6.90. The molecule has 8 nitrogen and oxygen atoms in total. The Labute approximate surface area is 179 Å². The highest BCUT2D eigenvalue weighted by molar-refractivity contribution is 8.14. The van der Waals surface area contributed by atoms with Crippen molar-refractivity contribution < 1.29 is 19.8 Å². The average Bonchev–Trinajstić information content (AvgIpc) is 2.71. The van der Waals surface area contributed by atoms with Gasteiger partial charge in [0.05, 0.1) is 11.5 Å². The number of nitrogens with two attached hydrogens (primary N) is 3. The molecule has 30 heavy (non-hydrogen) atoms. The maximum atomic E-state index is 11.0. The molecule has 9 heteroatoms. The number of hydrogen-bond acceptors (Lipinski definition) is 7. The maximum Gasteiger partial charge on any atom is 0.320 e. The topological polar surface area (TPSA) is 165 Å². The Morgan fingerprint density at radius 2 is 1.70 bits per heavy atom. The van der Waals surface area contributed by atoms with Crippen LogP contribution in [0.5, 0.6) is 0 Å². The van der Waals surface area contributed by atoms with E-state index >= 15 is 0 Å². The molecule has 2 unspecified atom stereocenters. The lowest BCUT2D eigenvalue weighted by molar-refractivity contribution is -0.139. The fraction of sp³-hybridized carbons (Fsp3) is 0.286. The van der Waals surface area contributed by atoms with Gasteiger partial charge in [0.1, 0.15) is 6.04 Å². The van der Waals surface area contributed by atoms with Gasteiger partial charge in [-0.05, 0) is 48.1 Å². The van der Waals surface area contributed by atoms with Crippen LogP contribution in [0, 0.1) is 0 Å². The Hall–Kier alpha value is -2.88. The highest BCUT2D eigenvalue weighted by atomic mass is 32.2. The predicted molar refractivity (Wildman–Crippen MR) is 118 cm³/mol. The molecule has 0 fully saturated rings. The van der Waals surface area contributed by atoms with Gasteiger partial charge in [-0.25, -0.2) is 0 Å². The van der Waals surface area contributed by atoms with E-state index in [9.17, 15) is 9.59 Å². The Balaban J connectivity index is 2.08. The van der Waals surface area contributed by atoms with Crippen molar-refractivity contribution in [3.8, 4) is 11.1 Å². The van der Waals surface area contributed by atoms with E-state index in [-0.39, 0.29) is 12.8 Å². The van der Waals surface area contributed by atoms with Crippen LogP contribution >= 0.6 is 11.8 Å². The molecule has 0 amide bonds. The second-order valence-corrected chi connectivity index (χ2v) is 8.05. The smallest absolute Gasteiger partial charge is 0.320 e. The summed E-state index contributed by atoms with van der Waals surface area (Å²) in [6, 6.07) is 14.0. The first-order valence-corrected chi connectivity index (χ1v) is 10.2. The zero-order valence-corrected chi connectivity index (χ0v) is 17.2. The number of hydrazone groups is 1. The number of thioether (sulfide) groups is 1. The first kappa shape index (κ1) is 23.4. The molecule has 2 rings (SSSR count). The molecule has 2 aromatic carbocycles. The van der Waals surface area contributed by atoms with Gasteiger partial charge in [0, 0.05) is 10.9 Å². The van der Waals surface area contributed by atoms with Crippen LogP contribution < -0.4 is 17.3 Å². The van der Waals surface area contributed by atoms with Crippen LogP contribution in [0.1, 0.15) is 24.8 Å². The summed E-state index contributed by atoms with van der Waals surface area (Å²) in [7, 11) is 0. The van der Waals surface area contributed by atoms with Crippen LogP contribution in [-0.2, 0) is 16.0 Å². The minimum absolute atomic E-state index is 0.0973. The third-order valence-corrected chi connectivity index (χ3v) is 5.45. The molecule has 0 aliphatic carbocycles. The molecule has 0 radical (unpaired) electrons. The van der Waals surface area contributed by atoms with Crippen molar-refractivity contribution in [1.29, 1.82) is 0 Å². The fourth-order valence-corrected chi connectivity index (χ4v) is 3.75. The van der Waals surface area contributed by atoms with Crippen LogP contribution in [0.25, 0.3) is 11.1 Å². The zero-order chi connectivity index (χ0) is 22.1. The Kier molecular flexibility index (Phi) is 8.85. The standard InChI is InChI=1S/C21H26N4O4S/c22-16(12-20(26)27)7-8-19(25-24)30-17-6-2-5-15(11-17)14-4-1-3-13(9-14)10-18(23)21(28)29/h1-6,9,11,16,18H,7-8,10,12,22-24H2,(H,26,27)(H,28,29)/b25-19+. The van der Waals surface area contributed by atoms with Gasteiger partial charge >= 0.3 is 11.9 Å². The van der Waals surface area contributed by atoms with Gasteiger partial charge < -0.3 is 27.5 Å². The summed E-state index contributed by atoms with van der Waals surface area (Å²) < 4.78 is 0. The first-order chi connectivity index (χ1) is 14.3. The van der Waals surface area contributed by atoms with E-state index in [1.165, 1.54) is 11.8 Å². The third-order valence-electron chi connectivity index (χ3n) is 4.41. The van der Waals surface area contributed by atoms with E-state index in [0.717, 1.165) is 21.6 Å². The average molecular weight is 431 g/mol. The van der Waals surface area contributed by atoms with Crippen LogP contribution in [0.3, 0.4) is 0 Å². The van der Waals surface area contributed by atoms with Crippen molar-refractivity contribution in [2.24, 2.45) is 22.4 Å². The normalized spacial score (nSPS) is 13.6. The largest absolute Gasteiger partial charge is 0.481 e. The highest BCUT2D eigenvalue weighted by Gasteiger charge is 2.13. The molecular weight excluding hydrogens is 404 g/mol. The Morgan fingerprint density at radius 3 is 2.33 bits per heavy atom. The number of rotatable bonds is 10. The van der Waals surface area contributed by atoms with Crippen molar-refractivity contribution in [1.82, 2.24) is 0 Å². The molecule has 0 aromatic heterocycles. The molecule has 0 aliphatic rings. The van der Waals surface area contributed by atoms with Crippen molar-refractivity contribution >= 4 is 28.7 Å². The van der Waals surface area contributed by atoms with Gasteiger partial charge in [-0.3, -0.25) is 9.59 Å². The van der Waals surface area contributed by atoms with Gasteiger partial charge in [0.15, 0.2) is 0 Å². The molecule has 2 atom stereocenters. The SMILES string of the molecule is N/N=C(\CCC(N)CC(=O)O)Sc1cccc(-c2cccc(CC(N)C(=O)O)c2)c1. The number of carboxylic acids is 2. The van der Waals surface area contributed by atoms with Gasteiger partial charge in [0.25, 0.3) is 0 Å². The summed E-state index contributed by atoms with van der Waals surface area (Å²) in [5.41, 5.74) is 14.2. The van der Waals surface area contributed by atoms with Crippen LogP contribution in [0.2, 0.25) is 0 Å². The molecule has 2 aromatic rings. The highest BCUT2D eigenvalue weighted by Crippen LogP contribution is 2.28. The molecule has 0 saturated carbocycles. The molecule has 0 saturated heterocycles. The number of carboxylic acid groups (broad SMARTS) is 2. The first-order valence-electron chi connectivity index (χ1n) is 9.38. The molecule has 0 aliphatic heterocycles. The number of aliphatic carboxylic acids is 2. The predicted octanol–water partition coefficient (Wildman–Crippen LogP) is 2.25. The lowest BCUT2D eigenvalue weighted by Gasteiger charge is -2.11. The van der Waals surface area contributed by atoms with E-state index < -0.39 is 24.0 Å². The quantitative estimate of drug-likeness (QED) is 0.126. The van der Waals surface area contributed by atoms with Gasteiger partial charge in [-0.1, -0.05) is 48.2 Å². The van der Waals surface area contributed by atoms with Gasteiger partial charge in [-0.15, -0.1) is 0 Å². The molecule has 160 valence electrons. The molecular formula is C21H26N4O4S. The molecule has 0 heterocycles. The lowest BCUT2D eigenvalue weighted by atomic mass is 10.00. The van der Waals surface area contributed by atoms with Gasteiger partial charge in [-0.2, -0.15) is 5.10 Å². The van der Waals surface area contributed by atoms with Crippen LogP contribution in [-0.4, -0.2) is 39.3 Å². The minimum Gasteiger partial charge on any atom is -0.481 e. The number of carbonyl (C=O) groups is 2. The summed E-state index contributed by atoms with van der Waals surface area (Å²) in [6.45, 7) is 0. The fourth-order valence-electron chi connectivity index (χ4n) is 2.87. The summed E-state index contributed by atoms with van der Waals surface area (Å²) in [5, 5.41) is 22.3. The van der Waals surface area contributed by atoms with E-state index in [1.54, 1.807) is 0 Å². The van der Waals surface area contributed by atoms with Gasteiger partial charge in [0.2, 0.25) is 0 Å².